The van der Waals surface area contributed by atoms with E-state index in [1.807, 2.05) is 24.3 Å². The van der Waals surface area contributed by atoms with E-state index in [0.29, 0.717) is 0 Å². The highest BCUT2D eigenvalue weighted by molar-refractivity contribution is 6.58. The number of hydrogen-bond acceptors (Lipinski definition) is 4. The third-order valence-electron chi connectivity index (χ3n) is 3.34. The Morgan fingerprint density at radius 2 is 2.05 bits per heavy atom. The van der Waals surface area contributed by atoms with E-state index in [4.69, 9.17) is 19.5 Å². The number of halogens is 1. The average molecular weight is 288 g/mol. The summed E-state index contributed by atoms with van der Waals surface area (Å²) in [5.41, 5.74) is 1.18. The quantitative estimate of drug-likeness (QED) is 0.820. The van der Waals surface area contributed by atoms with Crippen molar-refractivity contribution in [1.82, 2.24) is 0 Å². The van der Waals surface area contributed by atoms with Gasteiger partial charge in [-0.2, -0.15) is 0 Å². The molecule has 1 unspecified atom stereocenters. The molecule has 4 nitrogen and oxygen atoms in total. The van der Waals surface area contributed by atoms with E-state index in [-0.39, 0.29) is 23.9 Å². The van der Waals surface area contributed by atoms with Gasteiger partial charge in [-0.15, -0.1) is 0 Å². The minimum Gasteiger partial charge on any atom is -0.490 e. The van der Waals surface area contributed by atoms with Gasteiger partial charge in [-0.1, -0.05) is 18.2 Å². The van der Waals surface area contributed by atoms with Gasteiger partial charge < -0.3 is 19.5 Å². The third-order valence-corrected chi connectivity index (χ3v) is 3.34. The molecule has 0 spiro atoms. The fourth-order valence-electron chi connectivity index (χ4n) is 2.35. The van der Waals surface area contributed by atoms with Gasteiger partial charge in [0.2, 0.25) is 0 Å². The van der Waals surface area contributed by atoms with Gasteiger partial charge in [-0.3, -0.25) is 0 Å². The molecule has 1 heterocycles. The average Bonchev–Trinajstić information content (AvgIpc) is 2.87. The largest absolute Gasteiger partial charge is 0.490 e. The standard InChI is InChI=1S/C15H14BFO4/c17-12-6-11(16(18)19)7-13(8-12)20-9-14-5-10-3-1-2-4-15(10)21-14/h1-4,6-8,14,18-19H,5,9H2. The highest BCUT2D eigenvalue weighted by Crippen LogP contribution is 2.28. The van der Waals surface area contributed by atoms with Gasteiger partial charge >= 0.3 is 7.12 Å². The molecule has 1 aliphatic heterocycles. The van der Waals surface area contributed by atoms with Crippen molar-refractivity contribution in [3.8, 4) is 11.5 Å². The van der Waals surface area contributed by atoms with E-state index >= 15 is 0 Å². The highest BCUT2D eigenvalue weighted by Gasteiger charge is 2.23. The summed E-state index contributed by atoms with van der Waals surface area (Å²) in [6.45, 7) is 0.263. The molecule has 0 saturated heterocycles. The van der Waals surface area contributed by atoms with Crippen molar-refractivity contribution >= 4 is 12.6 Å². The SMILES string of the molecule is OB(O)c1cc(F)cc(OCC2Cc3ccccc3O2)c1. The zero-order valence-electron chi connectivity index (χ0n) is 11.2. The van der Waals surface area contributed by atoms with Crippen molar-refractivity contribution in [3.63, 3.8) is 0 Å². The van der Waals surface area contributed by atoms with E-state index in [1.54, 1.807) is 0 Å². The molecule has 6 heteroatoms. The molecular formula is C15H14BFO4. The molecule has 2 aromatic carbocycles. The molecule has 21 heavy (non-hydrogen) atoms. The maximum atomic E-state index is 13.4. The molecule has 3 rings (SSSR count). The molecule has 2 aromatic rings. The van der Waals surface area contributed by atoms with Crippen LogP contribution in [0.3, 0.4) is 0 Å². The Morgan fingerprint density at radius 1 is 1.24 bits per heavy atom. The van der Waals surface area contributed by atoms with E-state index in [0.717, 1.165) is 23.8 Å². The van der Waals surface area contributed by atoms with Crippen LogP contribution in [0.2, 0.25) is 0 Å². The molecule has 0 aromatic heterocycles. The lowest BCUT2D eigenvalue weighted by atomic mass is 9.80. The third kappa shape index (κ3) is 3.17. The summed E-state index contributed by atoms with van der Waals surface area (Å²) in [6, 6.07) is 11.4. The van der Waals surface area contributed by atoms with Gasteiger partial charge in [0, 0.05) is 12.5 Å². The lowest BCUT2D eigenvalue weighted by Gasteiger charge is -2.13. The summed E-state index contributed by atoms with van der Waals surface area (Å²) < 4.78 is 24.6. The fourth-order valence-corrected chi connectivity index (χ4v) is 2.35. The summed E-state index contributed by atoms with van der Waals surface area (Å²) in [5.74, 6) is 0.515. The molecule has 0 amide bonds. The van der Waals surface area contributed by atoms with Gasteiger partial charge in [0.15, 0.2) is 0 Å². The Bertz CT molecular complexity index is 622. The van der Waals surface area contributed by atoms with Crippen LogP contribution in [0, 0.1) is 5.82 Å². The van der Waals surface area contributed by atoms with Gasteiger partial charge in [-0.05, 0) is 29.2 Å². The van der Waals surface area contributed by atoms with E-state index in [2.05, 4.69) is 0 Å². The summed E-state index contributed by atoms with van der Waals surface area (Å²) >= 11 is 0. The van der Waals surface area contributed by atoms with Crippen LogP contribution >= 0.6 is 0 Å². The molecule has 0 saturated carbocycles. The first kappa shape index (κ1) is 13.9. The normalized spacial score (nSPS) is 16.2. The van der Waals surface area contributed by atoms with Crippen LogP contribution in [0.25, 0.3) is 0 Å². The van der Waals surface area contributed by atoms with Crippen molar-refractivity contribution < 1.29 is 23.9 Å². The zero-order chi connectivity index (χ0) is 14.8. The van der Waals surface area contributed by atoms with Crippen LogP contribution in [0.15, 0.2) is 42.5 Å². The molecule has 0 fully saturated rings. The van der Waals surface area contributed by atoms with Crippen molar-refractivity contribution in [2.24, 2.45) is 0 Å². The van der Waals surface area contributed by atoms with Gasteiger partial charge in [0.05, 0.1) is 0 Å². The summed E-state index contributed by atoms with van der Waals surface area (Å²) in [5, 5.41) is 18.2. The summed E-state index contributed by atoms with van der Waals surface area (Å²) in [4.78, 5) is 0. The highest BCUT2D eigenvalue weighted by atomic mass is 19.1. The number of para-hydroxylation sites is 1. The zero-order valence-corrected chi connectivity index (χ0v) is 11.2. The van der Waals surface area contributed by atoms with Gasteiger partial charge in [0.25, 0.3) is 0 Å². The Hall–Kier alpha value is -2.05. The van der Waals surface area contributed by atoms with Crippen LogP contribution in [0.5, 0.6) is 11.5 Å². The smallest absolute Gasteiger partial charge is 0.488 e. The second kappa shape index (κ2) is 5.75. The van der Waals surface area contributed by atoms with E-state index in [9.17, 15) is 4.39 Å². The van der Waals surface area contributed by atoms with Crippen molar-refractivity contribution in [2.45, 2.75) is 12.5 Å². The molecule has 1 aliphatic rings. The second-order valence-electron chi connectivity index (χ2n) is 4.96. The van der Waals surface area contributed by atoms with E-state index in [1.165, 1.54) is 12.1 Å². The summed E-state index contributed by atoms with van der Waals surface area (Å²) in [7, 11) is -1.73. The molecule has 0 bridgehead atoms. The van der Waals surface area contributed by atoms with E-state index < -0.39 is 12.9 Å². The van der Waals surface area contributed by atoms with Crippen LogP contribution in [-0.4, -0.2) is 29.9 Å². The number of benzene rings is 2. The Balaban J connectivity index is 1.64. The van der Waals surface area contributed by atoms with Crippen LogP contribution in [-0.2, 0) is 6.42 Å². The van der Waals surface area contributed by atoms with Crippen molar-refractivity contribution in [2.75, 3.05) is 6.61 Å². The predicted octanol–water partition coefficient (Wildman–Crippen LogP) is 0.888. The Kier molecular flexibility index (Phi) is 3.81. The summed E-state index contributed by atoms with van der Waals surface area (Å²) in [6.07, 6.45) is 0.606. The topological polar surface area (TPSA) is 58.9 Å². The molecule has 108 valence electrons. The fraction of sp³-hybridized carbons (Fsp3) is 0.200. The van der Waals surface area contributed by atoms with Crippen LogP contribution in [0.1, 0.15) is 5.56 Å². The van der Waals surface area contributed by atoms with Crippen molar-refractivity contribution in [3.05, 3.63) is 53.8 Å². The van der Waals surface area contributed by atoms with Crippen LogP contribution < -0.4 is 14.9 Å². The van der Waals surface area contributed by atoms with Crippen LogP contribution in [0.4, 0.5) is 4.39 Å². The lowest BCUT2D eigenvalue weighted by molar-refractivity contribution is 0.148. The number of rotatable bonds is 4. The Morgan fingerprint density at radius 3 is 2.81 bits per heavy atom. The maximum Gasteiger partial charge on any atom is 0.488 e. The molecule has 2 N–H and O–H groups in total. The van der Waals surface area contributed by atoms with Crippen molar-refractivity contribution in [1.29, 1.82) is 0 Å². The minimum absolute atomic E-state index is 0.0561. The first-order valence-electron chi connectivity index (χ1n) is 6.66. The lowest BCUT2D eigenvalue weighted by Crippen LogP contribution is -2.30. The molecular weight excluding hydrogens is 274 g/mol. The number of ether oxygens (including phenoxy) is 2. The monoisotopic (exact) mass is 288 g/mol. The first-order chi connectivity index (χ1) is 10.1. The second-order valence-corrected chi connectivity index (χ2v) is 4.96. The first-order valence-corrected chi connectivity index (χ1v) is 6.66. The number of fused-ring (bicyclic) bond motifs is 1. The van der Waals surface area contributed by atoms with Gasteiger partial charge in [0.1, 0.15) is 30.0 Å². The minimum atomic E-state index is -1.73. The Labute approximate surface area is 121 Å². The maximum absolute atomic E-state index is 13.4. The molecule has 0 aliphatic carbocycles. The molecule has 0 radical (unpaired) electrons. The predicted molar refractivity (Wildman–Crippen MR) is 76.3 cm³/mol. The number of hydrogen-bond donors (Lipinski definition) is 2. The van der Waals surface area contributed by atoms with Gasteiger partial charge in [-0.25, -0.2) is 4.39 Å². The molecule has 1 atom stereocenters.